The Balaban J connectivity index is 1.58. The Morgan fingerprint density at radius 3 is 2.59 bits per heavy atom. The monoisotopic (exact) mass is 433 g/mol. The number of nitrogens with zero attached hydrogens (tertiary/aromatic N) is 6. The van der Waals surface area contributed by atoms with Crippen molar-refractivity contribution in [3.8, 4) is 0 Å². The van der Waals surface area contributed by atoms with Crippen LogP contribution in [0.3, 0.4) is 0 Å². The molecule has 0 fully saturated rings. The van der Waals surface area contributed by atoms with E-state index in [4.69, 9.17) is 0 Å². The largest absolute Gasteiger partial charge is 0.323 e. The van der Waals surface area contributed by atoms with Crippen LogP contribution in [-0.2, 0) is 24.4 Å². The Kier molecular flexibility index (Phi) is 5.79. The number of nitrogens with one attached hydrogen (secondary N) is 1. The van der Waals surface area contributed by atoms with Crippen molar-refractivity contribution in [1.29, 1.82) is 0 Å². The zero-order valence-corrected chi connectivity index (χ0v) is 17.6. The number of amides is 1. The average molecular weight is 434 g/mol. The van der Waals surface area contributed by atoms with Gasteiger partial charge in [-0.15, -0.1) is 0 Å². The molecular formula is C18H24BrN7O. The lowest BCUT2D eigenvalue weighted by atomic mass is 10.1. The standard InChI is InChI=1S/C18H24BrN7O/c1-5-24-9-15(6-20-24)10-25-11-16(7-21-25)22-18(27)12(2)8-26-14(4)17(19)13(3)23-26/h6-7,9,11-12H,5,8,10H2,1-4H3,(H,22,27). The molecule has 1 N–H and O–H groups in total. The number of carbonyl (C=O) groups excluding carboxylic acids is 1. The molecule has 0 saturated heterocycles. The Labute approximate surface area is 166 Å². The topological polar surface area (TPSA) is 82.6 Å². The van der Waals surface area contributed by atoms with E-state index in [1.54, 1.807) is 10.9 Å². The first-order valence-electron chi connectivity index (χ1n) is 8.91. The average Bonchev–Trinajstić information content (AvgIpc) is 3.33. The fourth-order valence-electron chi connectivity index (χ4n) is 2.82. The molecule has 0 aliphatic heterocycles. The van der Waals surface area contributed by atoms with Crippen LogP contribution in [-0.4, -0.2) is 35.2 Å². The SMILES string of the molecule is CCn1cc(Cn2cc(NC(=O)C(C)Cn3nc(C)c(Br)c3C)cn2)cn1. The lowest BCUT2D eigenvalue weighted by Crippen LogP contribution is -2.25. The first-order chi connectivity index (χ1) is 12.9. The van der Waals surface area contributed by atoms with Crippen LogP contribution in [0.4, 0.5) is 5.69 Å². The van der Waals surface area contributed by atoms with Crippen LogP contribution in [0.5, 0.6) is 0 Å². The van der Waals surface area contributed by atoms with Crippen molar-refractivity contribution in [1.82, 2.24) is 29.3 Å². The van der Waals surface area contributed by atoms with Gasteiger partial charge in [0.1, 0.15) is 0 Å². The number of carbonyl (C=O) groups is 1. The van der Waals surface area contributed by atoms with Crippen LogP contribution in [0, 0.1) is 19.8 Å². The van der Waals surface area contributed by atoms with Crippen molar-refractivity contribution in [2.75, 3.05) is 5.32 Å². The van der Waals surface area contributed by atoms with Gasteiger partial charge < -0.3 is 5.32 Å². The minimum absolute atomic E-state index is 0.0583. The second kappa shape index (κ2) is 8.08. The lowest BCUT2D eigenvalue weighted by molar-refractivity contribution is -0.119. The summed E-state index contributed by atoms with van der Waals surface area (Å²) in [4.78, 5) is 12.5. The maximum absolute atomic E-state index is 12.5. The first kappa shape index (κ1) is 19.3. The smallest absolute Gasteiger partial charge is 0.229 e. The van der Waals surface area contributed by atoms with E-state index in [9.17, 15) is 4.79 Å². The molecule has 0 radical (unpaired) electrons. The molecule has 3 heterocycles. The highest BCUT2D eigenvalue weighted by atomic mass is 79.9. The molecule has 1 atom stereocenters. The second-order valence-electron chi connectivity index (χ2n) is 6.69. The Bertz CT molecular complexity index is 940. The van der Waals surface area contributed by atoms with Gasteiger partial charge in [0.2, 0.25) is 5.91 Å². The fourth-order valence-corrected chi connectivity index (χ4v) is 3.11. The molecule has 3 aromatic heterocycles. The Morgan fingerprint density at radius 1 is 1.22 bits per heavy atom. The Hall–Kier alpha value is -2.42. The number of anilines is 1. The molecule has 27 heavy (non-hydrogen) atoms. The van der Waals surface area contributed by atoms with Crippen molar-refractivity contribution in [2.45, 2.75) is 47.3 Å². The number of hydrogen-bond donors (Lipinski definition) is 1. The summed E-state index contributed by atoms with van der Waals surface area (Å²) in [6.45, 7) is 9.84. The van der Waals surface area contributed by atoms with E-state index in [1.807, 2.05) is 55.6 Å². The highest BCUT2D eigenvalue weighted by Gasteiger charge is 2.18. The molecular weight excluding hydrogens is 410 g/mol. The van der Waals surface area contributed by atoms with Crippen molar-refractivity contribution in [3.63, 3.8) is 0 Å². The van der Waals surface area contributed by atoms with Crippen molar-refractivity contribution in [3.05, 3.63) is 46.2 Å². The molecule has 0 spiro atoms. The van der Waals surface area contributed by atoms with Crippen LogP contribution in [0.2, 0.25) is 0 Å². The van der Waals surface area contributed by atoms with E-state index in [0.717, 1.165) is 28.0 Å². The number of aromatic nitrogens is 6. The third kappa shape index (κ3) is 4.47. The van der Waals surface area contributed by atoms with Crippen molar-refractivity contribution >= 4 is 27.5 Å². The zero-order chi connectivity index (χ0) is 19.6. The van der Waals surface area contributed by atoms with Gasteiger partial charge in [0.15, 0.2) is 0 Å². The molecule has 3 aromatic rings. The van der Waals surface area contributed by atoms with Gasteiger partial charge in [0.25, 0.3) is 0 Å². The first-order valence-corrected chi connectivity index (χ1v) is 9.70. The molecule has 3 rings (SSSR count). The third-order valence-electron chi connectivity index (χ3n) is 4.44. The number of rotatable bonds is 7. The van der Waals surface area contributed by atoms with Gasteiger partial charge in [-0.05, 0) is 36.7 Å². The molecule has 0 aliphatic rings. The number of halogens is 1. The van der Waals surface area contributed by atoms with Crippen molar-refractivity contribution in [2.24, 2.45) is 5.92 Å². The highest BCUT2D eigenvalue weighted by molar-refractivity contribution is 9.10. The molecule has 0 aliphatic carbocycles. The van der Waals surface area contributed by atoms with E-state index in [0.29, 0.717) is 18.8 Å². The minimum atomic E-state index is -0.221. The third-order valence-corrected chi connectivity index (χ3v) is 5.59. The molecule has 9 heteroatoms. The lowest BCUT2D eigenvalue weighted by Gasteiger charge is -2.12. The van der Waals surface area contributed by atoms with Crippen LogP contribution in [0.1, 0.15) is 30.8 Å². The minimum Gasteiger partial charge on any atom is -0.323 e. The summed E-state index contributed by atoms with van der Waals surface area (Å²) in [7, 11) is 0. The fraction of sp³-hybridized carbons (Fsp3) is 0.444. The van der Waals surface area contributed by atoms with E-state index in [1.165, 1.54) is 0 Å². The summed E-state index contributed by atoms with van der Waals surface area (Å²) >= 11 is 3.52. The maximum atomic E-state index is 12.5. The number of aryl methyl sites for hydroxylation is 2. The van der Waals surface area contributed by atoms with Gasteiger partial charge in [0.05, 0.1) is 47.3 Å². The van der Waals surface area contributed by atoms with E-state index in [2.05, 4.69) is 36.5 Å². The van der Waals surface area contributed by atoms with Crippen LogP contribution in [0.25, 0.3) is 0 Å². The number of hydrogen-bond acceptors (Lipinski definition) is 4. The predicted octanol–water partition coefficient (Wildman–Crippen LogP) is 3.00. The van der Waals surface area contributed by atoms with E-state index in [-0.39, 0.29) is 11.8 Å². The molecule has 1 unspecified atom stereocenters. The molecule has 1 amide bonds. The summed E-state index contributed by atoms with van der Waals surface area (Å²) in [6.07, 6.45) is 7.31. The van der Waals surface area contributed by atoms with Gasteiger partial charge >= 0.3 is 0 Å². The van der Waals surface area contributed by atoms with E-state index >= 15 is 0 Å². The van der Waals surface area contributed by atoms with Gasteiger partial charge in [-0.2, -0.15) is 15.3 Å². The summed E-state index contributed by atoms with van der Waals surface area (Å²) < 4.78 is 6.51. The normalized spacial score (nSPS) is 12.3. The summed E-state index contributed by atoms with van der Waals surface area (Å²) in [5, 5.41) is 16.0. The molecule has 8 nitrogen and oxygen atoms in total. The summed E-state index contributed by atoms with van der Waals surface area (Å²) in [6, 6.07) is 0. The van der Waals surface area contributed by atoms with Gasteiger partial charge in [0, 0.05) is 30.2 Å². The summed E-state index contributed by atoms with van der Waals surface area (Å²) in [5.41, 5.74) is 3.70. The molecule has 144 valence electrons. The van der Waals surface area contributed by atoms with Crippen LogP contribution in [0.15, 0.2) is 29.3 Å². The van der Waals surface area contributed by atoms with Crippen molar-refractivity contribution < 1.29 is 4.79 Å². The van der Waals surface area contributed by atoms with Gasteiger partial charge in [-0.25, -0.2) is 0 Å². The quantitative estimate of drug-likeness (QED) is 0.620. The molecule has 0 bridgehead atoms. The second-order valence-corrected chi connectivity index (χ2v) is 7.48. The molecule has 0 saturated carbocycles. The van der Waals surface area contributed by atoms with Gasteiger partial charge in [-0.1, -0.05) is 6.92 Å². The zero-order valence-electron chi connectivity index (χ0n) is 16.0. The van der Waals surface area contributed by atoms with Gasteiger partial charge in [-0.3, -0.25) is 18.8 Å². The van der Waals surface area contributed by atoms with Crippen LogP contribution < -0.4 is 5.32 Å². The van der Waals surface area contributed by atoms with E-state index < -0.39 is 0 Å². The summed E-state index contributed by atoms with van der Waals surface area (Å²) in [5.74, 6) is -0.280. The highest BCUT2D eigenvalue weighted by Crippen LogP contribution is 2.21. The maximum Gasteiger partial charge on any atom is 0.229 e. The predicted molar refractivity (Wildman–Crippen MR) is 106 cm³/mol. The molecule has 0 aromatic carbocycles. The Morgan fingerprint density at radius 2 is 1.96 bits per heavy atom. The van der Waals surface area contributed by atoms with Crippen LogP contribution >= 0.6 is 15.9 Å².